The van der Waals surface area contributed by atoms with Crippen molar-refractivity contribution in [2.75, 3.05) is 25.5 Å². The number of hydrogen-bond donors (Lipinski definition) is 3. The first-order valence-electron chi connectivity index (χ1n) is 6.30. The molecule has 5 nitrogen and oxygen atoms in total. The molecule has 0 aliphatic carbocycles. The van der Waals surface area contributed by atoms with E-state index in [1.807, 2.05) is 7.05 Å². The number of carbonyl (C=O) groups is 1. The van der Waals surface area contributed by atoms with E-state index in [4.69, 9.17) is 5.11 Å². The van der Waals surface area contributed by atoms with E-state index >= 15 is 0 Å². The summed E-state index contributed by atoms with van der Waals surface area (Å²) < 4.78 is 0. The predicted octanol–water partition coefficient (Wildman–Crippen LogP) is 1.75. The van der Waals surface area contributed by atoms with Crippen LogP contribution in [0.5, 0.6) is 0 Å². The van der Waals surface area contributed by atoms with Gasteiger partial charge >= 0.3 is 5.97 Å². The van der Waals surface area contributed by atoms with Crippen molar-refractivity contribution >= 4 is 11.8 Å². The zero-order valence-corrected chi connectivity index (χ0v) is 11.0. The average Bonchev–Trinajstić information content (AvgIpc) is 2.35. The van der Waals surface area contributed by atoms with Crippen LogP contribution >= 0.6 is 0 Å². The van der Waals surface area contributed by atoms with Gasteiger partial charge in [0, 0.05) is 12.2 Å². The van der Waals surface area contributed by atoms with Crippen LogP contribution in [-0.4, -0.2) is 36.2 Å². The van der Waals surface area contributed by atoms with E-state index in [9.17, 15) is 4.79 Å². The first kappa shape index (κ1) is 14.4. The number of aryl methyl sites for hydroxylation is 1. The molecule has 0 unspecified atom stereocenters. The minimum Gasteiger partial charge on any atom is -0.478 e. The third kappa shape index (κ3) is 4.71. The number of hydrogen-bond acceptors (Lipinski definition) is 4. The quantitative estimate of drug-likeness (QED) is 0.614. The number of nitrogens with one attached hydrogen (secondary N) is 2. The average molecular weight is 251 g/mol. The molecule has 0 fully saturated rings. The van der Waals surface area contributed by atoms with Crippen molar-refractivity contribution in [3.8, 4) is 0 Å². The molecule has 0 bridgehead atoms. The minimum absolute atomic E-state index is 0.296. The lowest BCUT2D eigenvalue weighted by molar-refractivity contribution is 0.0696. The smallest absolute Gasteiger partial charge is 0.335 e. The molecule has 1 aromatic heterocycles. The lowest BCUT2D eigenvalue weighted by atomic mass is 10.1. The van der Waals surface area contributed by atoms with Crippen LogP contribution < -0.4 is 10.6 Å². The van der Waals surface area contributed by atoms with Gasteiger partial charge in [0.2, 0.25) is 0 Å². The predicted molar refractivity (Wildman–Crippen MR) is 72.2 cm³/mol. The first-order valence-corrected chi connectivity index (χ1v) is 6.30. The molecule has 0 saturated carbocycles. The van der Waals surface area contributed by atoms with Gasteiger partial charge in [0.25, 0.3) is 0 Å². The van der Waals surface area contributed by atoms with Gasteiger partial charge in [-0.3, -0.25) is 0 Å². The number of rotatable bonds is 8. The second-order valence-electron chi connectivity index (χ2n) is 4.17. The summed E-state index contributed by atoms with van der Waals surface area (Å²) in [5.41, 5.74) is 1.12. The fourth-order valence-electron chi connectivity index (χ4n) is 1.67. The van der Waals surface area contributed by atoms with Gasteiger partial charge in [-0.05, 0) is 38.6 Å². The van der Waals surface area contributed by atoms with E-state index in [1.54, 1.807) is 12.1 Å². The van der Waals surface area contributed by atoms with E-state index in [0.717, 1.165) is 38.0 Å². The van der Waals surface area contributed by atoms with Crippen molar-refractivity contribution in [2.45, 2.75) is 26.2 Å². The minimum atomic E-state index is -0.909. The van der Waals surface area contributed by atoms with Crippen molar-refractivity contribution in [1.29, 1.82) is 0 Å². The van der Waals surface area contributed by atoms with Crippen molar-refractivity contribution in [1.82, 2.24) is 10.3 Å². The number of carboxylic acids is 1. The Morgan fingerprint density at radius 1 is 1.39 bits per heavy atom. The Morgan fingerprint density at radius 3 is 2.78 bits per heavy atom. The topological polar surface area (TPSA) is 74.2 Å². The number of aromatic nitrogens is 1. The highest BCUT2D eigenvalue weighted by Gasteiger charge is 2.07. The molecule has 5 heteroatoms. The number of nitrogens with zero attached hydrogens (tertiary/aromatic N) is 1. The largest absolute Gasteiger partial charge is 0.478 e. The Bertz CT molecular complexity index is 394. The molecule has 18 heavy (non-hydrogen) atoms. The normalized spacial score (nSPS) is 10.3. The molecule has 100 valence electrons. The molecule has 0 spiro atoms. The highest BCUT2D eigenvalue weighted by atomic mass is 16.4. The summed E-state index contributed by atoms with van der Waals surface area (Å²) in [6.45, 7) is 3.76. The van der Waals surface area contributed by atoms with E-state index < -0.39 is 5.97 Å². The van der Waals surface area contributed by atoms with E-state index in [0.29, 0.717) is 11.4 Å². The Morgan fingerprint density at radius 2 is 2.17 bits per heavy atom. The highest BCUT2D eigenvalue weighted by molar-refractivity contribution is 5.88. The summed E-state index contributed by atoms with van der Waals surface area (Å²) >= 11 is 0. The van der Waals surface area contributed by atoms with Crippen LogP contribution in [0.3, 0.4) is 0 Å². The van der Waals surface area contributed by atoms with E-state index in [-0.39, 0.29) is 0 Å². The maximum Gasteiger partial charge on any atom is 0.335 e. The molecule has 0 radical (unpaired) electrons. The number of pyridine rings is 1. The summed E-state index contributed by atoms with van der Waals surface area (Å²) in [6, 6.07) is 3.23. The second-order valence-corrected chi connectivity index (χ2v) is 4.17. The molecule has 0 aliphatic heterocycles. The molecular weight excluding hydrogens is 230 g/mol. The molecule has 0 aliphatic rings. The Kier molecular flexibility index (Phi) is 6.14. The molecule has 1 heterocycles. The third-order valence-corrected chi connectivity index (χ3v) is 2.54. The van der Waals surface area contributed by atoms with Crippen LogP contribution in [-0.2, 0) is 6.42 Å². The van der Waals surface area contributed by atoms with Crippen molar-refractivity contribution in [2.24, 2.45) is 0 Å². The van der Waals surface area contributed by atoms with Gasteiger partial charge in [0.15, 0.2) is 0 Å². The van der Waals surface area contributed by atoms with Gasteiger partial charge in [-0.2, -0.15) is 0 Å². The van der Waals surface area contributed by atoms with Crippen molar-refractivity contribution in [3.05, 3.63) is 23.4 Å². The summed E-state index contributed by atoms with van der Waals surface area (Å²) in [6.07, 6.45) is 2.72. The van der Waals surface area contributed by atoms with Crippen LogP contribution in [0.2, 0.25) is 0 Å². The van der Waals surface area contributed by atoms with Gasteiger partial charge in [0.05, 0.1) is 5.56 Å². The third-order valence-electron chi connectivity index (χ3n) is 2.54. The summed E-state index contributed by atoms with van der Waals surface area (Å²) in [5.74, 6) is -0.262. The van der Waals surface area contributed by atoms with Crippen LogP contribution in [0.25, 0.3) is 0 Å². The van der Waals surface area contributed by atoms with Gasteiger partial charge in [-0.25, -0.2) is 9.78 Å². The van der Waals surface area contributed by atoms with Crippen LogP contribution in [0.15, 0.2) is 12.1 Å². The molecule has 0 aromatic carbocycles. The zero-order chi connectivity index (χ0) is 13.4. The Balaban J connectivity index is 2.72. The molecule has 3 N–H and O–H groups in total. The molecule has 1 aromatic rings. The fraction of sp³-hybridized carbons (Fsp3) is 0.538. The van der Waals surface area contributed by atoms with E-state index in [1.165, 1.54) is 0 Å². The lowest BCUT2D eigenvalue weighted by Gasteiger charge is -2.08. The standard InChI is InChI=1S/C13H21N3O2/c1-3-5-11-8-10(13(17)18)9-12(16-11)15-7-4-6-14-2/h8-9,14H,3-7H2,1-2H3,(H,15,16)(H,17,18). The number of aromatic carboxylic acids is 1. The van der Waals surface area contributed by atoms with Crippen molar-refractivity contribution < 1.29 is 9.90 Å². The maximum absolute atomic E-state index is 11.0. The summed E-state index contributed by atoms with van der Waals surface area (Å²) in [4.78, 5) is 15.4. The van der Waals surface area contributed by atoms with Crippen LogP contribution in [0.4, 0.5) is 5.82 Å². The van der Waals surface area contributed by atoms with Gasteiger partial charge in [-0.1, -0.05) is 13.3 Å². The Labute approximate surface area is 108 Å². The monoisotopic (exact) mass is 251 g/mol. The first-order chi connectivity index (χ1) is 8.67. The zero-order valence-electron chi connectivity index (χ0n) is 11.0. The number of anilines is 1. The van der Waals surface area contributed by atoms with Gasteiger partial charge < -0.3 is 15.7 Å². The summed E-state index contributed by atoms with van der Waals surface area (Å²) in [7, 11) is 1.91. The molecule has 1 rings (SSSR count). The second kappa shape index (κ2) is 7.66. The van der Waals surface area contributed by atoms with Crippen molar-refractivity contribution in [3.63, 3.8) is 0 Å². The molecule has 0 saturated heterocycles. The molecule has 0 amide bonds. The highest BCUT2D eigenvalue weighted by Crippen LogP contribution is 2.12. The molecule has 0 atom stereocenters. The molecular formula is C13H21N3O2. The number of carboxylic acid groups (broad SMARTS) is 1. The van der Waals surface area contributed by atoms with E-state index in [2.05, 4.69) is 22.5 Å². The van der Waals surface area contributed by atoms with Gasteiger partial charge in [-0.15, -0.1) is 0 Å². The lowest BCUT2D eigenvalue weighted by Crippen LogP contribution is -2.14. The maximum atomic E-state index is 11.0. The summed E-state index contributed by atoms with van der Waals surface area (Å²) in [5, 5.41) is 15.3. The SMILES string of the molecule is CCCc1cc(C(=O)O)cc(NCCCNC)n1. The van der Waals surface area contributed by atoms with Gasteiger partial charge in [0.1, 0.15) is 5.82 Å². The van der Waals surface area contributed by atoms with Crippen LogP contribution in [0, 0.1) is 0 Å². The van der Waals surface area contributed by atoms with Crippen LogP contribution in [0.1, 0.15) is 35.8 Å². The fourth-order valence-corrected chi connectivity index (χ4v) is 1.67. The Hall–Kier alpha value is -1.62.